The van der Waals surface area contributed by atoms with Gasteiger partial charge in [-0.05, 0) is 48.0 Å². The molecule has 2 saturated heterocycles. The van der Waals surface area contributed by atoms with E-state index in [4.69, 9.17) is 11.6 Å². The highest BCUT2D eigenvalue weighted by molar-refractivity contribution is 9.10. The number of alkyl halides is 3. The second-order valence-electron chi connectivity index (χ2n) is 9.39. The highest BCUT2D eigenvalue weighted by Crippen LogP contribution is 2.50. The molecule has 0 N–H and O–H groups in total. The lowest BCUT2D eigenvalue weighted by molar-refractivity contribution is -0.137. The van der Waals surface area contributed by atoms with Crippen LogP contribution < -0.4 is 9.80 Å². The molecule has 0 spiro atoms. The summed E-state index contributed by atoms with van der Waals surface area (Å²) in [5.74, 6) is -3.79. The molecule has 2 amide bonds. The van der Waals surface area contributed by atoms with Crippen LogP contribution in [0.5, 0.6) is 0 Å². The van der Waals surface area contributed by atoms with Gasteiger partial charge in [-0.15, -0.1) is 0 Å². The maximum absolute atomic E-state index is 14.0. The number of hydrogen-bond donors (Lipinski definition) is 0. The highest BCUT2D eigenvalue weighted by Gasteiger charge is 2.64. The van der Waals surface area contributed by atoms with E-state index < -0.39 is 47.5 Å². The summed E-state index contributed by atoms with van der Waals surface area (Å²) in [7, 11) is 0. The Morgan fingerprint density at radius 1 is 0.921 bits per heavy atom. The van der Waals surface area contributed by atoms with Crippen molar-refractivity contribution in [2.75, 3.05) is 9.80 Å². The molecule has 0 bridgehead atoms. The summed E-state index contributed by atoms with van der Waals surface area (Å²) in [6, 6.07) is 14.2. The quantitative estimate of drug-likeness (QED) is 0.258. The number of halogens is 5. The van der Waals surface area contributed by atoms with Gasteiger partial charge in [0.05, 0.1) is 29.1 Å². The van der Waals surface area contributed by atoms with Gasteiger partial charge in [-0.3, -0.25) is 14.4 Å². The molecule has 2 fully saturated rings. The van der Waals surface area contributed by atoms with Crippen molar-refractivity contribution < 1.29 is 27.6 Å². The fraction of sp³-hybridized carbons (Fsp3) is 0.179. The number of carbonyl (C=O) groups excluding carboxylic acids is 3. The van der Waals surface area contributed by atoms with Crippen molar-refractivity contribution in [1.29, 1.82) is 0 Å². The van der Waals surface area contributed by atoms with Gasteiger partial charge in [0, 0.05) is 20.7 Å². The van der Waals surface area contributed by atoms with Crippen LogP contribution in [0.1, 0.15) is 21.5 Å². The topological polar surface area (TPSA) is 57.7 Å². The number of imide groups is 1. The van der Waals surface area contributed by atoms with Gasteiger partial charge in [-0.2, -0.15) is 13.2 Å². The van der Waals surface area contributed by atoms with Crippen molar-refractivity contribution in [2.45, 2.75) is 18.3 Å². The van der Waals surface area contributed by atoms with Gasteiger partial charge in [-0.1, -0.05) is 63.9 Å². The fourth-order valence-electron chi connectivity index (χ4n) is 5.69. The Labute approximate surface area is 228 Å². The molecule has 0 aliphatic carbocycles. The van der Waals surface area contributed by atoms with E-state index in [2.05, 4.69) is 15.9 Å². The second-order valence-corrected chi connectivity index (χ2v) is 10.7. The number of rotatable bonds is 3. The number of nitrogens with zero attached hydrogens (tertiary/aromatic N) is 2. The van der Waals surface area contributed by atoms with Crippen molar-refractivity contribution in [3.8, 4) is 0 Å². The average molecular weight is 602 g/mol. The Bertz CT molecular complexity index is 1540. The van der Waals surface area contributed by atoms with Gasteiger partial charge in [0.25, 0.3) is 0 Å². The van der Waals surface area contributed by atoms with E-state index >= 15 is 0 Å². The third-order valence-electron chi connectivity index (χ3n) is 7.30. The molecule has 0 aromatic heterocycles. The first kappa shape index (κ1) is 24.9. The smallest absolute Gasteiger partial charge is 0.352 e. The van der Waals surface area contributed by atoms with Crippen LogP contribution in [0.25, 0.3) is 6.08 Å². The number of fused-ring (bicyclic) bond motifs is 5. The zero-order chi connectivity index (χ0) is 26.9. The van der Waals surface area contributed by atoms with Crippen molar-refractivity contribution in [3.63, 3.8) is 0 Å². The van der Waals surface area contributed by atoms with Crippen molar-refractivity contribution in [3.05, 3.63) is 99.0 Å². The second kappa shape index (κ2) is 8.81. The van der Waals surface area contributed by atoms with Gasteiger partial charge in [-0.25, -0.2) is 4.90 Å². The van der Waals surface area contributed by atoms with Crippen LogP contribution in [0.2, 0.25) is 5.02 Å². The molecule has 5 nitrogen and oxygen atoms in total. The highest BCUT2D eigenvalue weighted by atomic mass is 79.9. The summed E-state index contributed by atoms with van der Waals surface area (Å²) in [6.07, 6.45) is -1.08. The van der Waals surface area contributed by atoms with Gasteiger partial charge in [0.15, 0.2) is 5.78 Å². The molecular weight excluding hydrogens is 585 g/mol. The van der Waals surface area contributed by atoms with Crippen LogP contribution in [0.3, 0.4) is 0 Å². The average Bonchev–Trinajstić information content (AvgIpc) is 3.36. The minimum absolute atomic E-state index is 0.172. The van der Waals surface area contributed by atoms with E-state index in [-0.39, 0.29) is 11.5 Å². The van der Waals surface area contributed by atoms with Crippen LogP contribution >= 0.6 is 27.5 Å². The predicted molar refractivity (Wildman–Crippen MR) is 140 cm³/mol. The minimum Gasteiger partial charge on any atom is -0.352 e. The Balaban J connectivity index is 1.49. The van der Waals surface area contributed by atoms with E-state index in [0.717, 1.165) is 33.1 Å². The van der Waals surface area contributed by atoms with E-state index in [1.54, 1.807) is 59.5 Å². The molecule has 3 aliphatic heterocycles. The molecule has 6 rings (SSSR count). The Morgan fingerprint density at radius 2 is 1.63 bits per heavy atom. The lowest BCUT2D eigenvalue weighted by Crippen LogP contribution is -2.48. The molecular formula is C28H17BrClF3N2O3. The number of carbonyl (C=O) groups is 3. The summed E-state index contributed by atoms with van der Waals surface area (Å²) in [5, 5.41) is 0.424. The first-order valence-electron chi connectivity index (χ1n) is 11.7. The molecule has 3 aromatic carbocycles. The molecule has 4 atom stereocenters. The lowest BCUT2D eigenvalue weighted by atomic mass is 9.86. The number of amides is 2. The summed E-state index contributed by atoms with van der Waals surface area (Å²) < 4.78 is 40.9. The van der Waals surface area contributed by atoms with E-state index in [0.29, 0.717) is 16.3 Å². The minimum atomic E-state index is -4.65. The fourth-order valence-corrected chi connectivity index (χ4v) is 6.12. The van der Waals surface area contributed by atoms with E-state index in [1.807, 2.05) is 0 Å². The predicted octanol–water partition coefficient (Wildman–Crippen LogP) is 6.39. The largest absolute Gasteiger partial charge is 0.416 e. The summed E-state index contributed by atoms with van der Waals surface area (Å²) >= 11 is 9.63. The molecule has 3 aliphatic rings. The number of benzene rings is 3. The first-order valence-corrected chi connectivity index (χ1v) is 12.8. The van der Waals surface area contributed by atoms with Gasteiger partial charge >= 0.3 is 6.18 Å². The molecule has 38 heavy (non-hydrogen) atoms. The molecule has 3 heterocycles. The molecule has 0 unspecified atom stereocenters. The Kier molecular flexibility index (Phi) is 5.77. The van der Waals surface area contributed by atoms with Crippen LogP contribution in [0.15, 0.2) is 77.3 Å². The maximum Gasteiger partial charge on any atom is 0.416 e. The number of Topliss-reactive ketones (excluding diaryl/α,β-unsaturated/α-hetero) is 1. The first-order chi connectivity index (χ1) is 18.1. The van der Waals surface area contributed by atoms with Crippen molar-refractivity contribution in [2.24, 2.45) is 11.8 Å². The standard InChI is InChI=1S/C28H17BrClF3N2O3/c29-17-8-4-15(5-9-17)25(36)24-23-22(20-11-7-14-6-10-18(30)13-21(14)35(20)24)26(37)34(27(23)38)19-3-1-2-16(12-19)28(31,32)33/h1-13,20,22-24H/t20-,22+,23-,24+/m1/s1. The number of anilines is 2. The van der Waals surface area contributed by atoms with Crippen LogP contribution in [0.4, 0.5) is 24.5 Å². The van der Waals surface area contributed by atoms with E-state index in [1.165, 1.54) is 6.07 Å². The van der Waals surface area contributed by atoms with Crippen LogP contribution in [-0.2, 0) is 15.8 Å². The number of ketones is 1. The lowest BCUT2D eigenvalue weighted by Gasteiger charge is -2.36. The summed E-state index contributed by atoms with van der Waals surface area (Å²) in [5.41, 5.74) is 0.579. The third-order valence-corrected chi connectivity index (χ3v) is 8.06. The van der Waals surface area contributed by atoms with Crippen LogP contribution in [-0.4, -0.2) is 29.7 Å². The zero-order valence-corrected chi connectivity index (χ0v) is 21.7. The monoisotopic (exact) mass is 600 g/mol. The molecule has 0 radical (unpaired) electrons. The Hall–Kier alpha value is -3.43. The summed E-state index contributed by atoms with van der Waals surface area (Å²) in [6.45, 7) is 0. The molecule has 3 aromatic rings. The van der Waals surface area contributed by atoms with Gasteiger partial charge in [0.2, 0.25) is 11.8 Å². The van der Waals surface area contributed by atoms with Gasteiger partial charge in [0.1, 0.15) is 6.04 Å². The van der Waals surface area contributed by atoms with Crippen molar-refractivity contribution >= 4 is 62.6 Å². The molecule has 192 valence electrons. The number of hydrogen-bond acceptors (Lipinski definition) is 4. The zero-order valence-electron chi connectivity index (χ0n) is 19.3. The Morgan fingerprint density at radius 3 is 2.34 bits per heavy atom. The molecule has 0 saturated carbocycles. The third kappa shape index (κ3) is 3.79. The SMILES string of the molecule is O=C(c1ccc(Br)cc1)[C@@H]1[C@@H]2C(=O)N(c3cccc(C(F)(F)F)c3)C(=O)[C@H]2[C@H]2C=Cc3ccc(Cl)cc3N21. The molecule has 10 heteroatoms. The maximum atomic E-state index is 14.0. The van der Waals surface area contributed by atoms with Crippen LogP contribution in [0, 0.1) is 11.8 Å². The van der Waals surface area contributed by atoms with E-state index in [9.17, 15) is 27.6 Å². The normalized spacial score (nSPS) is 23.9. The van der Waals surface area contributed by atoms with Crippen molar-refractivity contribution in [1.82, 2.24) is 0 Å². The summed E-state index contributed by atoms with van der Waals surface area (Å²) in [4.78, 5) is 44.2. The van der Waals surface area contributed by atoms with Gasteiger partial charge < -0.3 is 4.90 Å².